The molecule has 1 unspecified atom stereocenters. The van der Waals surface area contributed by atoms with Crippen LogP contribution in [0.1, 0.15) is 11.1 Å². The number of hydrogen-bond acceptors (Lipinski definition) is 1. The molecule has 1 atom stereocenters. The standard InChI is InChI=1S/C16H15BrClFO/c17-14-3-1-11(2-4-14)7-12(10-20)8-13-9-15(19)5-6-16(13)18/h1-6,9,12,20H,7-8,10H2. The smallest absolute Gasteiger partial charge is 0.123 e. The lowest BCUT2D eigenvalue weighted by molar-refractivity contribution is 0.225. The van der Waals surface area contributed by atoms with Gasteiger partial charge in [-0.2, -0.15) is 0 Å². The average Bonchev–Trinajstić information content (AvgIpc) is 2.44. The molecule has 0 saturated carbocycles. The molecular weight excluding hydrogens is 343 g/mol. The fraction of sp³-hybridized carbons (Fsp3) is 0.250. The van der Waals surface area contributed by atoms with Crippen molar-refractivity contribution in [1.82, 2.24) is 0 Å². The van der Waals surface area contributed by atoms with Crippen LogP contribution in [-0.4, -0.2) is 11.7 Å². The maximum absolute atomic E-state index is 13.2. The predicted octanol–water partition coefficient (Wildman–Crippen LogP) is 4.64. The van der Waals surface area contributed by atoms with Crippen molar-refractivity contribution in [3.8, 4) is 0 Å². The van der Waals surface area contributed by atoms with Crippen LogP contribution >= 0.6 is 27.5 Å². The minimum absolute atomic E-state index is 0.0236. The number of halogens is 3. The Balaban J connectivity index is 2.08. The van der Waals surface area contributed by atoms with Gasteiger partial charge in [0.15, 0.2) is 0 Å². The Kier molecular flexibility index (Phi) is 5.58. The van der Waals surface area contributed by atoms with Gasteiger partial charge in [0.05, 0.1) is 0 Å². The van der Waals surface area contributed by atoms with Gasteiger partial charge in [-0.3, -0.25) is 0 Å². The van der Waals surface area contributed by atoms with Gasteiger partial charge in [-0.25, -0.2) is 4.39 Å². The largest absolute Gasteiger partial charge is 0.396 e. The topological polar surface area (TPSA) is 20.2 Å². The number of benzene rings is 2. The normalized spacial score (nSPS) is 12.4. The van der Waals surface area contributed by atoms with Gasteiger partial charge in [0.1, 0.15) is 5.82 Å². The summed E-state index contributed by atoms with van der Waals surface area (Å²) >= 11 is 9.46. The lowest BCUT2D eigenvalue weighted by atomic mass is 9.93. The zero-order valence-electron chi connectivity index (χ0n) is 10.8. The lowest BCUT2D eigenvalue weighted by Gasteiger charge is -2.15. The van der Waals surface area contributed by atoms with Gasteiger partial charge in [-0.15, -0.1) is 0 Å². The molecule has 0 saturated heterocycles. The van der Waals surface area contributed by atoms with Crippen molar-refractivity contribution in [3.05, 3.63) is 68.9 Å². The van der Waals surface area contributed by atoms with E-state index in [0.29, 0.717) is 11.4 Å². The SMILES string of the molecule is OCC(Cc1ccc(Br)cc1)Cc1cc(F)ccc1Cl. The molecule has 0 bridgehead atoms. The maximum Gasteiger partial charge on any atom is 0.123 e. The fourth-order valence-electron chi connectivity index (χ4n) is 2.17. The Morgan fingerprint density at radius 2 is 1.80 bits per heavy atom. The molecule has 0 aliphatic rings. The third-order valence-corrected chi connectivity index (χ3v) is 4.11. The molecule has 20 heavy (non-hydrogen) atoms. The maximum atomic E-state index is 13.2. The first-order chi connectivity index (χ1) is 9.58. The van der Waals surface area contributed by atoms with E-state index in [4.69, 9.17) is 11.6 Å². The Hall–Kier alpha value is -0.900. The van der Waals surface area contributed by atoms with Gasteiger partial charge in [0.25, 0.3) is 0 Å². The van der Waals surface area contributed by atoms with Crippen molar-refractivity contribution in [3.63, 3.8) is 0 Å². The lowest BCUT2D eigenvalue weighted by Crippen LogP contribution is -2.13. The van der Waals surface area contributed by atoms with Crippen molar-refractivity contribution in [1.29, 1.82) is 0 Å². The monoisotopic (exact) mass is 356 g/mol. The summed E-state index contributed by atoms with van der Waals surface area (Å²) in [6.07, 6.45) is 1.29. The van der Waals surface area contributed by atoms with Gasteiger partial charge >= 0.3 is 0 Å². The van der Waals surface area contributed by atoms with Crippen LogP contribution in [0.5, 0.6) is 0 Å². The van der Waals surface area contributed by atoms with E-state index >= 15 is 0 Å². The van der Waals surface area contributed by atoms with E-state index < -0.39 is 0 Å². The first-order valence-electron chi connectivity index (χ1n) is 6.37. The molecule has 0 aliphatic carbocycles. The van der Waals surface area contributed by atoms with E-state index in [1.807, 2.05) is 24.3 Å². The average molecular weight is 358 g/mol. The van der Waals surface area contributed by atoms with Crippen molar-refractivity contribution in [2.24, 2.45) is 5.92 Å². The van der Waals surface area contributed by atoms with Crippen LogP contribution in [0.2, 0.25) is 5.02 Å². The molecule has 0 aromatic heterocycles. The fourth-order valence-corrected chi connectivity index (χ4v) is 2.62. The Bertz CT molecular complexity index is 571. The second kappa shape index (κ2) is 7.21. The Morgan fingerprint density at radius 3 is 2.45 bits per heavy atom. The summed E-state index contributed by atoms with van der Waals surface area (Å²) in [6.45, 7) is 0.0445. The van der Waals surface area contributed by atoms with Crippen LogP contribution in [0.3, 0.4) is 0 Å². The van der Waals surface area contributed by atoms with Crippen LogP contribution in [0, 0.1) is 11.7 Å². The third kappa shape index (κ3) is 4.30. The summed E-state index contributed by atoms with van der Waals surface area (Å²) in [6, 6.07) is 12.3. The van der Waals surface area contributed by atoms with Crippen molar-refractivity contribution in [2.75, 3.05) is 6.61 Å². The van der Waals surface area contributed by atoms with E-state index in [-0.39, 0.29) is 18.3 Å². The molecule has 0 fully saturated rings. The van der Waals surface area contributed by atoms with Crippen LogP contribution in [0.25, 0.3) is 0 Å². The summed E-state index contributed by atoms with van der Waals surface area (Å²) in [5, 5.41) is 10.1. The quantitative estimate of drug-likeness (QED) is 0.827. The highest BCUT2D eigenvalue weighted by molar-refractivity contribution is 9.10. The first-order valence-corrected chi connectivity index (χ1v) is 7.55. The van der Waals surface area contributed by atoms with E-state index in [0.717, 1.165) is 22.0 Å². The first kappa shape index (κ1) is 15.5. The van der Waals surface area contributed by atoms with E-state index in [1.54, 1.807) is 6.07 Å². The molecule has 4 heteroatoms. The predicted molar refractivity (Wildman–Crippen MR) is 83.5 cm³/mol. The van der Waals surface area contributed by atoms with E-state index in [2.05, 4.69) is 15.9 Å². The Labute approximate surface area is 131 Å². The molecule has 2 rings (SSSR count). The van der Waals surface area contributed by atoms with Gasteiger partial charge in [0.2, 0.25) is 0 Å². The number of aliphatic hydroxyl groups excluding tert-OH is 1. The Morgan fingerprint density at radius 1 is 1.10 bits per heavy atom. The highest BCUT2D eigenvalue weighted by Crippen LogP contribution is 2.23. The van der Waals surface area contributed by atoms with Crippen molar-refractivity contribution in [2.45, 2.75) is 12.8 Å². The highest BCUT2D eigenvalue weighted by Gasteiger charge is 2.12. The molecule has 106 valence electrons. The summed E-state index contributed by atoms with van der Waals surface area (Å²) in [5.41, 5.74) is 1.88. The zero-order chi connectivity index (χ0) is 14.5. The summed E-state index contributed by atoms with van der Waals surface area (Å²) in [5.74, 6) is -0.278. The number of aliphatic hydroxyl groups is 1. The number of hydrogen-bond donors (Lipinski definition) is 1. The third-order valence-electron chi connectivity index (χ3n) is 3.21. The minimum Gasteiger partial charge on any atom is -0.396 e. The molecule has 1 N–H and O–H groups in total. The molecule has 2 aromatic rings. The molecule has 1 nitrogen and oxygen atoms in total. The molecular formula is C16H15BrClFO. The summed E-state index contributed by atoms with van der Waals surface area (Å²) in [4.78, 5) is 0. The van der Waals surface area contributed by atoms with Crippen LogP contribution in [0.4, 0.5) is 4.39 Å². The second-order valence-electron chi connectivity index (χ2n) is 4.82. The molecule has 0 spiro atoms. The van der Waals surface area contributed by atoms with Gasteiger partial charge < -0.3 is 5.11 Å². The van der Waals surface area contributed by atoms with Crippen molar-refractivity contribution < 1.29 is 9.50 Å². The van der Waals surface area contributed by atoms with Gasteiger partial charge in [0, 0.05) is 16.1 Å². The zero-order valence-corrected chi connectivity index (χ0v) is 13.2. The molecule has 0 amide bonds. The van der Waals surface area contributed by atoms with Crippen LogP contribution < -0.4 is 0 Å². The van der Waals surface area contributed by atoms with Crippen LogP contribution in [-0.2, 0) is 12.8 Å². The highest BCUT2D eigenvalue weighted by atomic mass is 79.9. The van der Waals surface area contributed by atoms with Crippen molar-refractivity contribution >= 4 is 27.5 Å². The van der Waals surface area contributed by atoms with Gasteiger partial charge in [-0.1, -0.05) is 39.7 Å². The number of rotatable bonds is 5. The summed E-state index contributed by atoms with van der Waals surface area (Å²) in [7, 11) is 0. The molecule has 0 heterocycles. The molecule has 2 aromatic carbocycles. The molecule has 0 aliphatic heterocycles. The van der Waals surface area contributed by atoms with Crippen LogP contribution in [0.15, 0.2) is 46.9 Å². The summed E-state index contributed by atoms with van der Waals surface area (Å²) < 4.78 is 14.3. The van der Waals surface area contributed by atoms with E-state index in [9.17, 15) is 9.50 Å². The minimum atomic E-state index is -0.301. The second-order valence-corrected chi connectivity index (χ2v) is 6.14. The van der Waals surface area contributed by atoms with Gasteiger partial charge in [-0.05, 0) is 60.2 Å². The molecule has 0 radical (unpaired) electrons. The van der Waals surface area contributed by atoms with E-state index in [1.165, 1.54) is 12.1 Å².